The summed E-state index contributed by atoms with van der Waals surface area (Å²) in [7, 11) is 0. The Morgan fingerprint density at radius 1 is 1.19 bits per heavy atom. The third kappa shape index (κ3) is 4.39. The Kier molecular flexibility index (Phi) is 5.17. The molecular formula is C18H25NOS. The number of aliphatic hydroxyl groups is 1. The van der Waals surface area contributed by atoms with Gasteiger partial charge in [-0.1, -0.05) is 45.0 Å². The molecule has 0 saturated carbocycles. The predicted octanol–water partition coefficient (Wildman–Crippen LogP) is 4.14. The van der Waals surface area contributed by atoms with Crippen LogP contribution in [0.5, 0.6) is 0 Å². The number of rotatable bonds is 5. The van der Waals surface area contributed by atoms with E-state index in [4.69, 9.17) is 4.98 Å². The molecular weight excluding hydrogens is 278 g/mol. The van der Waals surface area contributed by atoms with Gasteiger partial charge in [-0.3, -0.25) is 0 Å². The fourth-order valence-electron chi connectivity index (χ4n) is 2.35. The van der Waals surface area contributed by atoms with Crippen molar-refractivity contribution in [1.82, 2.24) is 4.98 Å². The number of aromatic nitrogens is 1. The summed E-state index contributed by atoms with van der Waals surface area (Å²) < 4.78 is 0. The van der Waals surface area contributed by atoms with Crippen LogP contribution < -0.4 is 0 Å². The van der Waals surface area contributed by atoms with Gasteiger partial charge >= 0.3 is 0 Å². The molecule has 2 nitrogen and oxygen atoms in total. The summed E-state index contributed by atoms with van der Waals surface area (Å²) in [4.78, 5) is 4.74. The first-order chi connectivity index (χ1) is 9.90. The molecule has 114 valence electrons. The van der Waals surface area contributed by atoms with Gasteiger partial charge in [0.2, 0.25) is 0 Å². The molecule has 0 aliphatic heterocycles. The Bertz CT molecular complexity index is 583. The van der Waals surface area contributed by atoms with E-state index in [-0.39, 0.29) is 17.9 Å². The summed E-state index contributed by atoms with van der Waals surface area (Å²) in [6.45, 7) is 8.89. The molecule has 0 radical (unpaired) electrons. The minimum Gasteiger partial charge on any atom is -0.396 e. The number of nitrogens with zero attached hydrogens (tertiary/aromatic N) is 1. The van der Waals surface area contributed by atoms with Crippen LogP contribution in [0.3, 0.4) is 0 Å². The lowest BCUT2D eigenvalue weighted by molar-refractivity contribution is 0.224. The molecule has 1 N–H and O–H groups in total. The molecule has 1 unspecified atom stereocenters. The molecule has 2 rings (SSSR count). The van der Waals surface area contributed by atoms with Gasteiger partial charge in [0.1, 0.15) is 0 Å². The van der Waals surface area contributed by atoms with Crippen molar-refractivity contribution in [2.45, 2.75) is 46.0 Å². The van der Waals surface area contributed by atoms with Gasteiger partial charge in [-0.2, -0.15) is 0 Å². The quantitative estimate of drug-likeness (QED) is 0.900. The standard InChI is InChI=1S/C18H25NOS/c1-13-7-5-6-8-15(13)9-14(11-20)10-17-19-16(12-21-17)18(2,3)4/h5-8,12,14,20H,9-11H2,1-4H3. The van der Waals surface area contributed by atoms with Crippen molar-refractivity contribution in [1.29, 1.82) is 0 Å². The van der Waals surface area contributed by atoms with Crippen LogP contribution in [0.4, 0.5) is 0 Å². The van der Waals surface area contributed by atoms with Crippen LogP contribution in [0.1, 0.15) is 42.6 Å². The molecule has 0 bridgehead atoms. The van der Waals surface area contributed by atoms with Gasteiger partial charge in [0.05, 0.1) is 10.7 Å². The summed E-state index contributed by atoms with van der Waals surface area (Å²) >= 11 is 1.71. The summed E-state index contributed by atoms with van der Waals surface area (Å²) in [6, 6.07) is 8.41. The zero-order valence-electron chi connectivity index (χ0n) is 13.4. The van der Waals surface area contributed by atoms with E-state index in [0.717, 1.165) is 23.5 Å². The topological polar surface area (TPSA) is 33.1 Å². The fourth-order valence-corrected chi connectivity index (χ4v) is 3.48. The van der Waals surface area contributed by atoms with Gasteiger partial charge in [-0.05, 0) is 30.4 Å². The molecule has 0 spiro atoms. The number of aliphatic hydroxyl groups excluding tert-OH is 1. The Morgan fingerprint density at radius 2 is 1.90 bits per heavy atom. The molecule has 0 fully saturated rings. The summed E-state index contributed by atoms with van der Waals surface area (Å²) in [5, 5.41) is 13.0. The fraction of sp³-hybridized carbons (Fsp3) is 0.500. The van der Waals surface area contributed by atoms with Crippen molar-refractivity contribution in [2.75, 3.05) is 6.61 Å². The van der Waals surface area contributed by atoms with Gasteiger partial charge < -0.3 is 5.11 Å². The van der Waals surface area contributed by atoms with E-state index in [9.17, 15) is 5.11 Å². The summed E-state index contributed by atoms with van der Waals surface area (Å²) in [5.74, 6) is 0.241. The Morgan fingerprint density at radius 3 is 2.48 bits per heavy atom. The van der Waals surface area contributed by atoms with Crippen LogP contribution in [-0.2, 0) is 18.3 Å². The highest BCUT2D eigenvalue weighted by atomic mass is 32.1. The van der Waals surface area contributed by atoms with Crippen molar-refractivity contribution in [2.24, 2.45) is 5.92 Å². The van der Waals surface area contributed by atoms with Crippen LogP contribution in [0.2, 0.25) is 0 Å². The number of aryl methyl sites for hydroxylation is 1. The molecule has 3 heteroatoms. The van der Waals surface area contributed by atoms with E-state index in [0.29, 0.717) is 0 Å². The largest absolute Gasteiger partial charge is 0.396 e. The molecule has 0 amide bonds. The van der Waals surface area contributed by atoms with Gasteiger partial charge in [-0.15, -0.1) is 11.3 Å². The summed E-state index contributed by atoms with van der Waals surface area (Å²) in [6.07, 6.45) is 1.76. The van der Waals surface area contributed by atoms with E-state index in [1.165, 1.54) is 11.1 Å². The van der Waals surface area contributed by atoms with Crippen molar-refractivity contribution < 1.29 is 5.11 Å². The number of hydrogen-bond acceptors (Lipinski definition) is 3. The van der Waals surface area contributed by atoms with E-state index in [2.05, 4.69) is 57.3 Å². The number of hydrogen-bond donors (Lipinski definition) is 1. The van der Waals surface area contributed by atoms with E-state index >= 15 is 0 Å². The van der Waals surface area contributed by atoms with Crippen molar-refractivity contribution >= 4 is 11.3 Å². The third-order valence-electron chi connectivity index (χ3n) is 3.81. The lowest BCUT2D eigenvalue weighted by Gasteiger charge is -2.16. The number of benzene rings is 1. The first-order valence-electron chi connectivity index (χ1n) is 7.50. The second-order valence-corrected chi connectivity index (χ2v) is 7.70. The highest BCUT2D eigenvalue weighted by Gasteiger charge is 2.19. The second kappa shape index (κ2) is 6.71. The lowest BCUT2D eigenvalue weighted by atomic mass is 9.93. The highest BCUT2D eigenvalue weighted by molar-refractivity contribution is 7.09. The lowest BCUT2D eigenvalue weighted by Crippen LogP contribution is -2.15. The van der Waals surface area contributed by atoms with Gasteiger partial charge in [-0.25, -0.2) is 4.98 Å². The first kappa shape index (κ1) is 16.2. The van der Waals surface area contributed by atoms with E-state index in [1.54, 1.807) is 11.3 Å². The molecule has 1 aromatic carbocycles. The Labute approximate surface area is 131 Å². The SMILES string of the molecule is Cc1ccccc1CC(CO)Cc1nc(C(C)(C)C)cs1. The van der Waals surface area contributed by atoms with E-state index in [1.807, 2.05) is 0 Å². The molecule has 1 aromatic heterocycles. The predicted molar refractivity (Wildman–Crippen MR) is 90.0 cm³/mol. The molecule has 2 aromatic rings. The van der Waals surface area contributed by atoms with Gasteiger partial charge in [0, 0.05) is 23.8 Å². The first-order valence-corrected chi connectivity index (χ1v) is 8.38. The maximum absolute atomic E-state index is 9.68. The van der Waals surface area contributed by atoms with Gasteiger partial charge in [0.15, 0.2) is 0 Å². The molecule has 0 saturated heterocycles. The van der Waals surface area contributed by atoms with Crippen LogP contribution in [0, 0.1) is 12.8 Å². The van der Waals surface area contributed by atoms with Crippen LogP contribution in [0.15, 0.2) is 29.6 Å². The molecule has 1 heterocycles. The van der Waals surface area contributed by atoms with Crippen LogP contribution >= 0.6 is 11.3 Å². The van der Waals surface area contributed by atoms with Crippen LogP contribution in [-0.4, -0.2) is 16.7 Å². The molecule has 0 aliphatic rings. The van der Waals surface area contributed by atoms with E-state index < -0.39 is 0 Å². The van der Waals surface area contributed by atoms with Crippen molar-refractivity contribution in [3.05, 3.63) is 51.5 Å². The highest BCUT2D eigenvalue weighted by Crippen LogP contribution is 2.26. The van der Waals surface area contributed by atoms with Crippen LogP contribution in [0.25, 0.3) is 0 Å². The Balaban J connectivity index is 2.06. The zero-order valence-corrected chi connectivity index (χ0v) is 14.2. The second-order valence-electron chi connectivity index (χ2n) is 6.76. The normalized spacial score (nSPS) is 13.4. The molecule has 0 aliphatic carbocycles. The smallest absolute Gasteiger partial charge is 0.0932 e. The van der Waals surface area contributed by atoms with Crippen molar-refractivity contribution in [3.63, 3.8) is 0 Å². The average molecular weight is 303 g/mol. The maximum Gasteiger partial charge on any atom is 0.0932 e. The molecule has 1 atom stereocenters. The van der Waals surface area contributed by atoms with Crippen molar-refractivity contribution in [3.8, 4) is 0 Å². The maximum atomic E-state index is 9.68. The third-order valence-corrected chi connectivity index (χ3v) is 4.68. The summed E-state index contributed by atoms with van der Waals surface area (Å²) in [5.41, 5.74) is 3.86. The minimum atomic E-state index is 0.0967. The number of thiazole rings is 1. The molecule has 21 heavy (non-hydrogen) atoms. The Hall–Kier alpha value is -1.19. The monoisotopic (exact) mass is 303 g/mol. The minimum absolute atomic E-state index is 0.0967. The zero-order chi connectivity index (χ0) is 15.5. The van der Waals surface area contributed by atoms with Gasteiger partial charge in [0.25, 0.3) is 0 Å². The average Bonchev–Trinajstić information content (AvgIpc) is 2.89.